The molecule has 0 aromatic heterocycles. The van der Waals surface area contributed by atoms with Crippen molar-refractivity contribution in [3.63, 3.8) is 0 Å². The fourth-order valence-corrected chi connectivity index (χ4v) is 4.10. The summed E-state index contributed by atoms with van der Waals surface area (Å²) in [5.74, 6) is -0.802. The first-order valence-corrected chi connectivity index (χ1v) is 12.7. The van der Waals surface area contributed by atoms with E-state index < -0.39 is 18.0 Å². The molecule has 0 bridgehead atoms. The van der Waals surface area contributed by atoms with Crippen LogP contribution in [-0.4, -0.2) is 47.4 Å². The van der Waals surface area contributed by atoms with Crippen molar-refractivity contribution < 1.29 is 24.5 Å². The summed E-state index contributed by atoms with van der Waals surface area (Å²) in [6.45, 7) is 4.33. The molecule has 7 nitrogen and oxygen atoms in total. The quantitative estimate of drug-likeness (QED) is 0.231. The minimum atomic E-state index is -1.65. The van der Waals surface area contributed by atoms with Gasteiger partial charge in [0, 0.05) is 26.9 Å². The second-order valence-electron chi connectivity index (χ2n) is 8.74. The fourth-order valence-electron chi connectivity index (χ4n) is 3.58. The summed E-state index contributed by atoms with van der Waals surface area (Å²) in [6.07, 6.45) is -0.700. The van der Waals surface area contributed by atoms with E-state index in [-0.39, 0.29) is 12.6 Å². The molecular weight excluding hydrogens is 515 g/mol. The number of carboxylic acid groups (broad SMARTS) is 1. The van der Waals surface area contributed by atoms with Crippen molar-refractivity contribution in [1.29, 1.82) is 0 Å². The Hall–Kier alpha value is -3.26. The summed E-state index contributed by atoms with van der Waals surface area (Å²) in [6, 6.07) is 20.0. The number of carboxylic acids is 1. The lowest BCUT2D eigenvalue weighted by molar-refractivity contribution is -0.146. The lowest BCUT2D eigenvalue weighted by Crippen LogP contribution is -2.36. The van der Waals surface area contributed by atoms with Crippen molar-refractivity contribution in [2.45, 2.75) is 32.4 Å². The van der Waals surface area contributed by atoms with Crippen LogP contribution in [0.1, 0.15) is 30.6 Å². The van der Waals surface area contributed by atoms with Gasteiger partial charge in [-0.15, -0.1) is 0 Å². The van der Waals surface area contributed by atoms with Gasteiger partial charge in [0.2, 0.25) is 0 Å². The maximum Gasteiger partial charge on any atom is 0.334 e. The number of carbonyl (C=O) groups is 2. The summed E-state index contributed by atoms with van der Waals surface area (Å²) in [4.78, 5) is 22.9. The molecule has 3 rings (SSSR count). The first-order chi connectivity index (χ1) is 17.7. The molecule has 3 atom stereocenters. The number of nitrogens with one attached hydrogen (secondary N) is 2. The third-order valence-corrected chi connectivity index (χ3v) is 6.64. The zero-order valence-corrected chi connectivity index (χ0v) is 22.1. The SMILES string of the molecule is CCC(C)C(COc1ccc(-c2ccc(Cl)cc2Cl)cc1)Nc1ccc(C(=O)NCC(O)C(=O)O)cc1. The number of ether oxygens (including phenoxy) is 1. The second-order valence-corrected chi connectivity index (χ2v) is 9.58. The molecule has 3 aromatic rings. The minimum Gasteiger partial charge on any atom is -0.491 e. The van der Waals surface area contributed by atoms with Gasteiger partial charge < -0.3 is 25.6 Å². The molecule has 37 heavy (non-hydrogen) atoms. The first kappa shape index (κ1) is 28.3. The van der Waals surface area contributed by atoms with Crippen LogP contribution in [0.3, 0.4) is 0 Å². The van der Waals surface area contributed by atoms with Gasteiger partial charge in [-0.25, -0.2) is 4.79 Å². The van der Waals surface area contributed by atoms with Crippen molar-refractivity contribution in [2.24, 2.45) is 5.92 Å². The lowest BCUT2D eigenvalue weighted by atomic mass is 9.99. The van der Waals surface area contributed by atoms with E-state index in [0.29, 0.717) is 28.1 Å². The van der Waals surface area contributed by atoms with Crippen LogP contribution in [0.15, 0.2) is 66.7 Å². The predicted octanol–water partition coefficient (Wildman–Crippen LogP) is 5.74. The summed E-state index contributed by atoms with van der Waals surface area (Å²) in [5.41, 5.74) is 3.04. The third-order valence-electron chi connectivity index (χ3n) is 6.10. The van der Waals surface area contributed by atoms with Crippen LogP contribution >= 0.6 is 23.2 Å². The Kier molecular flexibility index (Phi) is 10.2. The zero-order valence-electron chi connectivity index (χ0n) is 20.6. The van der Waals surface area contributed by atoms with Gasteiger partial charge in [-0.2, -0.15) is 0 Å². The van der Waals surface area contributed by atoms with Crippen molar-refractivity contribution in [3.05, 3.63) is 82.3 Å². The number of anilines is 1. The number of halogens is 2. The van der Waals surface area contributed by atoms with Gasteiger partial charge in [0.1, 0.15) is 12.4 Å². The summed E-state index contributed by atoms with van der Waals surface area (Å²) in [7, 11) is 0. The number of aliphatic hydroxyl groups is 1. The van der Waals surface area contributed by atoms with Crippen molar-refractivity contribution in [3.8, 4) is 16.9 Å². The minimum absolute atomic E-state index is 0.0146. The third kappa shape index (κ3) is 8.12. The maximum absolute atomic E-state index is 12.2. The molecule has 0 aliphatic heterocycles. The van der Waals surface area contributed by atoms with E-state index in [4.69, 9.17) is 33.0 Å². The highest BCUT2D eigenvalue weighted by atomic mass is 35.5. The number of amides is 1. The molecule has 9 heteroatoms. The highest BCUT2D eigenvalue weighted by molar-refractivity contribution is 6.36. The highest BCUT2D eigenvalue weighted by Gasteiger charge is 2.18. The summed E-state index contributed by atoms with van der Waals surface area (Å²) >= 11 is 12.3. The zero-order chi connectivity index (χ0) is 26.9. The van der Waals surface area contributed by atoms with E-state index in [1.807, 2.05) is 30.3 Å². The second kappa shape index (κ2) is 13.3. The van der Waals surface area contributed by atoms with Gasteiger partial charge in [0.05, 0.1) is 12.6 Å². The molecule has 0 saturated carbocycles. The van der Waals surface area contributed by atoms with E-state index in [9.17, 15) is 14.7 Å². The number of hydrogen-bond donors (Lipinski definition) is 4. The Morgan fingerprint density at radius 3 is 2.27 bits per heavy atom. The van der Waals surface area contributed by atoms with Crippen LogP contribution in [0.25, 0.3) is 11.1 Å². The number of hydrogen-bond acceptors (Lipinski definition) is 5. The van der Waals surface area contributed by atoms with Crippen molar-refractivity contribution in [1.82, 2.24) is 5.32 Å². The van der Waals surface area contributed by atoms with E-state index in [2.05, 4.69) is 24.5 Å². The van der Waals surface area contributed by atoms with E-state index in [1.165, 1.54) is 0 Å². The Bertz CT molecular complexity index is 1200. The molecule has 0 aliphatic rings. The van der Waals surface area contributed by atoms with Crippen LogP contribution in [0.2, 0.25) is 10.0 Å². The molecule has 0 fully saturated rings. The molecule has 3 unspecified atom stereocenters. The Balaban J connectivity index is 1.60. The predicted molar refractivity (Wildman–Crippen MR) is 147 cm³/mol. The topological polar surface area (TPSA) is 108 Å². The van der Waals surface area contributed by atoms with Crippen molar-refractivity contribution >= 4 is 40.8 Å². The van der Waals surface area contributed by atoms with Crippen LogP contribution in [0.5, 0.6) is 5.75 Å². The summed E-state index contributed by atoms with van der Waals surface area (Å²) in [5, 5.41) is 25.1. The number of rotatable bonds is 12. The number of carbonyl (C=O) groups excluding carboxylic acids is 1. The lowest BCUT2D eigenvalue weighted by Gasteiger charge is -2.25. The van der Waals surface area contributed by atoms with E-state index in [0.717, 1.165) is 29.0 Å². The van der Waals surface area contributed by atoms with Gasteiger partial charge in [0.15, 0.2) is 6.10 Å². The molecule has 0 radical (unpaired) electrons. The Morgan fingerprint density at radius 2 is 1.68 bits per heavy atom. The van der Waals surface area contributed by atoms with Crippen LogP contribution < -0.4 is 15.4 Å². The number of aliphatic carboxylic acids is 1. The van der Waals surface area contributed by atoms with Crippen LogP contribution in [0, 0.1) is 5.92 Å². The first-order valence-electron chi connectivity index (χ1n) is 11.9. The van der Waals surface area contributed by atoms with E-state index in [1.54, 1.807) is 36.4 Å². The van der Waals surface area contributed by atoms with Gasteiger partial charge in [-0.05, 0) is 60.0 Å². The molecule has 1 amide bonds. The largest absolute Gasteiger partial charge is 0.491 e. The number of benzene rings is 3. The fraction of sp³-hybridized carbons (Fsp3) is 0.286. The Morgan fingerprint density at radius 1 is 1.00 bits per heavy atom. The van der Waals surface area contributed by atoms with Crippen LogP contribution in [-0.2, 0) is 4.79 Å². The molecule has 196 valence electrons. The molecule has 4 N–H and O–H groups in total. The van der Waals surface area contributed by atoms with Crippen molar-refractivity contribution in [2.75, 3.05) is 18.5 Å². The average molecular weight is 545 g/mol. The van der Waals surface area contributed by atoms with E-state index >= 15 is 0 Å². The van der Waals surface area contributed by atoms with Crippen LogP contribution in [0.4, 0.5) is 5.69 Å². The molecule has 0 heterocycles. The monoisotopic (exact) mass is 544 g/mol. The molecule has 0 spiro atoms. The standard InChI is InChI=1S/C28H30Cl2N2O5/c1-3-17(2)25(32-21-9-4-19(5-10-21)27(34)31-15-26(33)28(35)36)16-37-22-11-6-18(7-12-22)23-13-8-20(29)14-24(23)30/h4-14,17,25-26,32-33H,3,15-16H2,1-2H3,(H,31,34)(H,35,36). The molecule has 0 aliphatic carbocycles. The molecule has 0 saturated heterocycles. The maximum atomic E-state index is 12.2. The molecule has 3 aromatic carbocycles. The highest BCUT2D eigenvalue weighted by Crippen LogP contribution is 2.31. The normalized spacial score (nSPS) is 13.3. The molecular formula is C28H30Cl2N2O5. The average Bonchev–Trinajstić information content (AvgIpc) is 2.89. The smallest absolute Gasteiger partial charge is 0.334 e. The van der Waals surface area contributed by atoms with Gasteiger partial charge in [0.25, 0.3) is 5.91 Å². The Labute approximate surface area is 226 Å². The van der Waals surface area contributed by atoms with Gasteiger partial charge in [-0.3, -0.25) is 4.79 Å². The summed E-state index contributed by atoms with van der Waals surface area (Å²) < 4.78 is 6.09. The number of aliphatic hydroxyl groups excluding tert-OH is 1. The van der Waals surface area contributed by atoms with Gasteiger partial charge >= 0.3 is 5.97 Å². The van der Waals surface area contributed by atoms with Gasteiger partial charge in [-0.1, -0.05) is 61.7 Å².